The van der Waals surface area contributed by atoms with Crippen molar-refractivity contribution in [1.29, 1.82) is 0 Å². The molecule has 1 nitrogen and oxygen atoms in total. The molecule has 0 atom stereocenters. The van der Waals surface area contributed by atoms with Crippen LogP contribution in [0.1, 0.15) is 24.8 Å². The van der Waals surface area contributed by atoms with Gasteiger partial charge in [0.05, 0.1) is 0 Å². The van der Waals surface area contributed by atoms with Crippen LogP contribution in [0.25, 0.3) is 6.08 Å². The Morgan fingerprint density at radius 1 is 1.00 bits per heavy atom. The van der Waals surface area contributed by atoms with E-state index in [0.717, 1.165) is 18.7 Å². The Labute approximate surface area is 90.2 Å². The topological polar surface area (TPSA) is 3.24 Å². The Hall–Kier alpha value is -1.31. The second kappa shape index (κ2) is 4.96. The SMILES string of the molecule is Fc1ccc(/C=C/N2CCCCC2)cc1. The van der Waals surface area contributed by atoms with Gasteiger partial charge in [0.25, 0.3) is 0 Å². The van der Waals surface area contributed by atoms with Crippen molar-refractivity contribution in [2.75, 3.05) is 13.1 Å². The molecule has 0 aliphatic carbocycles. The summed E-state index contributed by atoms with van der Waals surface area (Å²) in [7, 11) is 0. The molecule has 2 heteroatoms. The number of hydrogen-bond acceptors (Lipinski definition) is 1. The molecule has 0 bridgehead atoms. The van der Waals surface area contributed by atoms with Gasteiger partial charge in [0.15, 0.2) is 0 Å². The molecule has 1 heterocycles. The summed E-state index contributed by atoms with van der Waals surface area (Å²) in [5.41, 5.74) is 1.06. The van der Waals surface area contributed by atoms with E-state index >= 15 is 0 Å². The minimum atomic E-state index is -0.176. The Morgan fingerprint density at radius 3 is 2.33 bits per heavy atom. The predicted octanol–water partition coefficient (Wildman–Crippen LogP) is 3.28. The van der Waals surface area contributed by atoms with Gasteiger partial charge in [-0.05, 0) is 49.2 Å². The van der Waals surface area contributed by atoms with E-state index in [0.29, 0.717) is 0 Å². The normalized spacial score (nSPS) is 17.3. The molecule has 0 radical (unpaired) electrons. The minimum Gasteiger partial charge on any atom is -0.377 e. The molecule has 0 aromatic heterocycles. The van der Waals surface area contributed by atoms with Crippen molar-refractivity contribution >= 4 is 6.08 Å². The molecule has 1 fully saturated rings. The Bertz CT molecular complexity index is 323. The molecule has 1 saturated heterocycles. The van der Waals surface area contributed by atoms with Crippen molar-refractivity contribution in [2.24, 2.45) is 0 Å². The molecule has 0 saturated carbocycles. The Morgan fingerprint density at radius 2 is 1.67 bits per heavy atom. The smallest absolute Gasteiger partial charge is 0.123 e. The lowest BCUT2D eigenvalue weighted by atomic mass is 10.1. The quantitative estimate of drug-likeness (QED) is 0.716. The summed E-state index contributed by atoms with van der Waals surface area (Å²) in [6.45, 7) is 2.30. The summed E-state index contributed by atoms with van der Waals surface area (Å²) in [5, 5.41) is 0. The summed E-state index contributed by atoms with van der Waals surface area (Å²) in [4.78, 5) is 2.33. The molecule has 1 aliphatic rings. The van der Waals surface area contributed by atoms with Gasteiger partial charge in [-0.3, -0.25) is 0 Å². The number of piperidine rings is 1. The van der Waals surface area contributed by atoms with Crippen molar-refractivity contribution in [3.05, 3.63) is 41.8 Å². The van der Waals surface area contributed by atoms with E-state index in [1.54, 1.807) is 12.1 Å². The predicted molar refractivity (Wildman–Crippen MR) is 60.9 cm³/mol. The summed E-state index contributed by atoms with van der Waals surface area (Å²) in [6.07, 6.45) is 8.08. The molecular formula is C13H16FN. The van der Waals surface area contributed by atoms with Gasteiger partial charge < -0.3 is 4.90 Å². The summed E-state index contributed by atoms with van der Waals surface area (Å²) < 4.78 is 12.6. The molecule has 15 heavy (non-hydrogen) atoms. The molecule has 1 aromatic carbocycles. The lowest BCUT2D eigenvalue weighted by molar-refractivity contribution is 0.311. The molecular weight excluding hydrogens is 189 g/mol. The highest BCUT2D eigenvalue weighted by Crippen LogP contribution is 2.11. The first-order chi connectivity index (χ1) is 7.34. The number of nitrogens with zero attached hydrogens (tertiary/aromatic N) is 1. The number of halogens is 1. The van der Waals surface area contributed by atoms with Crippen molar-refractivity contribution in [1.82, 2.24) is 4.90 Å². The van der Waals surface area contributed by atoms with Crippen LogP contribution < -0.4 is 0 Å². The van der Waals surface area contributed by atoms with Crippen molar-refractivity contribution in [3.63, 3.8) is 0 Å². The van der Waals surface area contributed by atoms with Crippen LogP contribution in [-0.2, 0) is 0 Å². The maximum atomic E-state index is 12.6. The molecule has 0 spiro atoms. The highest BCUT2D eigenvalue weighted by atomic mass is 19.1. The Balaban J connectivity index is 1.95. The summed E-state index contributed by atoms with van der Waals surface area (Å²) in [6, 6.07) is 6.59. The average molecular weight is 205 g/mol. The van der Waals surface area contributed by atoms with Gasteiger partial charge in [-0.15, -0.1) is 0 Å². The first kappa shape index (κ1) is 10.2. The zero-order chi connectivity index (χ0) is 10.5. The first-order valence-electron chi connectivity index (χ1n) is 5.52. The van der Waals surface area contributed by atoms with Crippen LogP contribution in [0.4, 0.5) is 4.39 Å². The fourth-order valence-corrected chi connectivity index (χ4v) is 1.83. The van der Waals surface area contributed by atoms with Crippen LogP contribution >= 0.6 is 0 Å². The van der Waals surface area contributed by atoms with E-state index in [2.05, 4.69) is 11.1 Å². The maximum absolute atomic E-state index is 12.6. The molecule has 80 valence electrons. The summed E-state index contributed by atoms with van der Waals surface area (Å²) in [5.74, 6) is -0.176. The van der Waals surface area contributed by atoms with E-state index in [1.165, 1.54) is 31.4 Å². The van der Waals surface area contributed by atoms with Gasteiger partial charge in [0, 0.05) is 13.1 Å². The molecule has 1 aliphatic heterocycles. The van der Waals surface area contributed by atoms with Gasteiger partial charge in [0.1, 0.15) is 5.82 Å². The second-order valence-electron chi connectivity index (χ2n) is 3.96. The largest absolute Gasteiger partial charge is 0.377 e. The number of rotatable bonds is 2. The van der Waals surface area contributed by atoms with E-state index in [1.807, 2.05) is 6.08 Å². The van der Waals surface area contributed by atoms with Crippen molar-refractivity contribution in [2.45, 2.75) is 19.3 Å². The molecule has 2 rings (SSSR count). The van der Waals surface area contributed by atoms with Crippen LogP contribution in [0, 0.1) is 5.82 Å². The van der Waals surface area contributed by atoms with Gasteiger partial charge in [-0.2, -0.15) is 0 Å². The van der Waals surface area contributed by atoms with Crippen LogP contribution in [0.3, 0.4) is 0 Å². The fourth-order valence-electron chi connectivity index (χ4n) is 1.83. The van der Waals surface area contributed by atoms with Gasteiger partial charge in [0.2, 0.25) is 0 Å². The third-order valence-corrected chi connectivity index (χ3v) is 2.74. The van der Waals surface area contributed by atoms with E-state index in [9.17, 15) is 4.39 Å². The van der Waals surface area contributed by atoms with Gasteiger partial charge >= 0.3 is 0 Å². The minimum absolute atomic E-state index is 0.176. The van der Waals surface area contributed by atoms with Crippen LogP contribution in [0.15, 0.2) is 30.5 Å². The second-order valence-corrected chi connectivity index (χ2v) is 3.96. The number of benzene rings is 1. The number of likely N-dealkylation sites (tertiary alicyclic amines) is 1. The van der Waals surface area contributed by atoms with Crippen LogP contribution in [0.5, 0.6) is 0 Å². The Kier molecular flexibility index (Phi) is 3.38. The zero-order valence-corrected chi connectivity index (χ0v) is 8.82. The molecule has 0 N–H and O–H groups in total. The third kappa shape index (κ3) is 3.08. The molecule has 0 amide bonds. The fraction of sp³-hybridized carbons (Fsp3) is 0.385. The third-order valence-electron chi connectivity index (χ3n) is 2.74. The highest BCUT2D eigenvalue weighted by Gasteiger charge is 2.04. The van der Waals surface area contributed by atoms with E-state index in [-0.39, 0.29) is 5.82 Å². The molecule has 0 unspecified atom stereocenters. The first-order valence-corrected chi connectivity index (χ1v) is 5.52. The van der Waals surface area contributed by atoms with Gasteiger partial charge in [-0.1, -0.05) is 12.1 Å². The van der Waals surface area contributed by atoms with Crippen LogP contribution in [-0.4, -0.2) is 18.0 Å². The lowest BCUT2D eigenvalue weighted by Gasteiger charge is -2.24. The highest BCUT2D eigenvalue weighted by molar-refractivity contribution is 5.48. The average Bonchev–Trinajstić information content (AvgIpc) is 2.30. The van der Waals surface area contributed by atoms with Crippen molar-refractivity contribution < 1.29 is 4.39 Å². The van der Waals surface area contributed by atoms with Crippen molar-refractivity contribution in [3.8, 4) is 0 Å². The van der Waals surface area contributed by atoms with E-state index < -0.39 is 0 Å². The van der Waals surface area contributed by atoms with E-state index in [4.69, 9.17) is 0 Å². The summed E-state index contributed by atoms with van der Waals surface area (Å²) >= 11 is 0. The van der Waals surface area contributed by atoms with Crippen LogP contribution in [0.2, 0.25) is 0 Å². The standard InChI is InChI=1S/C13H16FN/c14-13-6-4-12(5-7-13)8-11-15-9-2-1-3-10-15/h4-8,11H,1-3,9-10H2/b11-8+. The van der Waals surface area contributed by atoms with Gasteiger partial charge in [-0.25, -0.2) is 4.39 Å². The zero-order valence-electron chi connectivity index (χ0n) is 8.82. The number of hydrogen-bond donors (Lipinski definition) is 0. The lowest BCUT2D eigenvalue weighted by Crippen LogP contribution is -2.23. The molecule has 1 aromatic rings. The monoisotopic (exact) mass is 205 g/mol. The maximum Gasteiger partial charge on any atom is 0.123 e.